The van der Waals surface area contributed by atoms with Gasteiger partial charge in [-0.25, -0.2) is 4.98 Å². The molecule has 0 bridgehead atoms. The van der Waals surface area contributed by atoms with E-state index < -0.39 is 0 Å². The minimum Gasteiger partial charge on any atom is -0.315 e. The van der Waals surface area contributed by atoms with Crippen LogP contribution in [0.25, 0.3) is 5.65 Å². The molecule has 0 aliphatic carbocycles. The fraction of sp³-hybridized carbons (Fsp3) is 0.500. The number of hydrogen-bond donors (Lipinski definition) is 1. The van der Waals surface area contributed by atoms with Gasteiger partial charge in [-0.2, -0.15) is 0 Å². The van der Waals surface area contributed by atoms with E-state index in [9.17, 15) is 0 Å². The maximum Gasteiger partial charge on any atom is 0.137 e. The molecule has 3 rings (SSSR count). The lowest BCUT2D eigenvalue weighted by molar-refractivity contribution is 0.246. The summed E-state index contributed by atoms with van der Waals surface area (Å²) in [5.41, 5.74) is 3.45. The van der Waals surface area contributed by atoms with Crippen LogP contribution in [0.2, 0.25) is 0 Å². The Labute approximate surface area is 108 Å². The molecule has 1 fully saturated rings. The van der Waals surface area contributed by atoms with Crippen LogP contribution < -0.4 is 5.32 Å². The first-order valence-electron chi connectivity index (χ1n) is 6.57. The summed E-state index contributed by atoms with van der Waals surface area (Å²) < 4.78 is 2.12. The third kappa shape index (κ3) is 2.26. The summed E-state index contributed by atoms with van der Waals surface area (Å²) >= 11 is 0. The van der Waals surface area contributed by atoms with Crippen LogP contribution in [0.5, 0.6) is 0 Å². The summed E-state index contributed by atoms with van der Waals surface area (Å²) in [7, 11) is 2.19. The van der Waals surface area contributed by atoms with Crippen LogP contribution >= 0.6 is 0 Å². The summed E-state index contributed by atoms with van der Waals surface area (Å²) in [4.78, 5) is 7.06. The smallest absolute Gasteiger partial charge is 0.137 e. The Bertz CT molecular complexity index is 540. The van der Waals surface area contributed by atoms with Crippen molar-refractivity contribution in [3.63, 3.8) is 0 Å². The van der Waals surface area contributed by atoms with Crippen LogP contribution in [0, 0.1) is 6.92 Å². The maximum atomic E-state index is 4.67. The highest BCUT2D eigenvalue weighted by atomic mass is 15.2. The summed E-state index contributed by atoms with van der Waals surface area (Å²) in [6, 6.07) is 4.84. The van der Waals surface area contributed by atoms with Gasteiger partial charge in [0.1, 0.15) is 5.65 Å². The van der Waals surface area contributed by atoms with Gasteiger partial charge in [0.2, 0.25) is 0 Å². The number of nitrogens with one attached hydrogen (secondary N) is 1. The minimum atomic E-state index is 0.650. The first-order chi connectivity index (χ1) is 8.72. The van der Waals surface area contributed by atoms with E-state index in [-0.39, 0.29) is 0 Å². The number of nitrogens with zero attached hydrogens (tertiary/aromatic N) is 3. The molecule has 1 N–H and O–H groups in total. The lowest BCUT2D eigenvalue weighted by Crippen LogP contribution is -2.32. The molecule has 0 spiro atoms. The highest BCUT2D eigenvalue weighted by Gasteiger charge is 2.19. The Morgan fingerprint density at radius 1 is 1.44 bits per heavy atom. The van der Waals surface area contributed by atoms with Crippen LogP contribution in [0.4, 0.5) is 0 Å². The van der Waals surface area contributed by atoms with Crippen molar-refractivity contribution in [1.29, 1.82) is 0 Å². The fourth-order valence-corrected chi connectivity index (χ4v) is 2.63. The average molecular weight is 244 g/mol. The van der Waals surface area contributed by atoms with Gasteiger partial charge in [0.25, 0.3) is 0 Å². The molecule has 18 heavy (non-hydrogen) atoms. The van der Waals surface area contributed by atoms with E-state index in [1.807, 2.05) is 0 Å². The molecule has 3 heterocycles. The van der Waals surface area contributed by atoms with Gasteiger partial charge in [0.15, 0.2) is 0 Å². The molecule has 1 saturated heterocycles. The number of fused-ring (bicyclic) bond motifs is 1. The van der Waals surface area contributed by atoms with Crippen LogP contribution in [-0.2, 0) is 6.54 Å². The zero-order chi connectivity index (χ0) is 12.5. The number of pyridine rings is 1. The van der Waals surface area contributed by atoms with Crippen molar-refractivity contribution >= 4 is 5.65 Å². The van der Waals surface area contributed by atoms with Gasteiger partial charge in [-0.05, 0) is 38.6 Å². The van der Waals surface area contributed by atoms with Crippen molar-refractivity contribution in [2.75, 3.05) is 20.1 Å². The third-order valence-corrected chi connectivity index (χ3v) is 3.72. The number of aryl methyl sites for hydroxylation is 1. The van der Waals surface area contributed by atoms with E-state index in [0.717, 1.165) is 31.0 Å². The van der Waals surface area contributed by atoms with Crippen molar-refractivity contribution in [3.05, 3.63) is 35.8 Å². The second kappa shape index (κ2) is 4.71. The standard InChI is InChI=1S/C14H20N4/c1-11-3-4-14-16-12(10-18(14)8-11)9-17(2)13-5-6-15-7-13/h3-4,8,10,13,15H,5-7,9H2,1-2H3. The largest absolute Gasteiger partial charge is 0.315 e. The number of imidazole rings is 1. The van der Waals surface area contributed by atoms with Crippen molar-refractivity contribution < 1.29 is 0 Å². The van der Waals surface area contributed by atoms with Crippen molar-refractivity contribution in [3.8, 4) is 0 Å². The lowest BCUT2D eigenvalue weighted by Gasteiger charge is -2.22. The molecular formula is C14H20N4. The predicted octanol–water partition coefficient (Wildman–Crippen LogP) is 1.44. The Hall–Kier alpha value is -1.39. The first kappa shape index (κ1) is 11.7. The van der Waals surface area contributed by atoms with Gasteiger partial charge in [-0.15, -0.1) is 0 Å². The summed E-state index contributed by atoms with van der Waals surface area (Å²) in [6.07, 6.45) is 5.51. The Balaban J connectivity index is 1.77. The molecule has 4 heteroatoms. The fourth-order valence-electron chi connectivity index (χ4n) is 2.63. The number of aromatic nitrogens is 2. The van der Waals surface area contributed by atoms with Crippen molar-refractivity contribution in [2.24, 2.45) is 0 Å². The van der Waals surface area contributed by atoms with Gasteiger partial charge in [0.05, 0.1) is 5.69 Å². The molecule has 0 aromatic carbocycles. The lowest BCUT2D eigenvalue weighted by atomic mass is 10.2. The van der Waals surface area contributed by atoms with Gasteiger partial charge in [-0.1, -0.05) is 6.07 Å². The van der Waals surface area contributed by atoms with Gasteiger partial charge < -0.3 is 9.72 Å². The van der Waals surface area contributed by atoms with Crippen molar-refractivity contribution in [2.45, 2.75) is 25.9 Å². The van der Waals surface area contributed by atoms with E-state index in [1.54, 1.807) is 0 Å². The quantitative estimate of drug-likeness (QED) is 0.886. The molecule has 0 radical (unpaired) electrons. The first-order valence-corrected chi connectivity index (χ1v) is 6.57. The van der Waals surface area contributed by atoms with Gasteiger partial charge in [-0.3, -0.25) is 4.90 Å². The maximum absolute atomic E-state index is 4.67. The van der Waals surface area contributed by atoms with Gasteiger partial charge >= 0.3 is 0 Å². The predicted molar refractivity (Wildman–Crippen MR) is 72.7 cm³/mol. The summed E-state index contributed by atoms with van der Waals surface area (Å²) in [6.45, 7) is 5.27. The Morgan fingerprint density at radius 2 is 2.33 bits per heavy atom. The van der Waals surface area contributed by atoms with Crippen LogP contribution in [0.1, 0.15) is 17.7 Å². The topological polar surface area (TPSA) is 32.6 Å². The molecule has 0 amide bonds. The molecule has 1 atom stereocenters. The second-order valence-corrected chi connectivity index (χ2v) is 5.27. The molecule has 0 saturated carbocycles. The Kier molecular flexibility index (Phi) is 3.06. The molecule has 1 unspecified atom stereocenters. The molecule has 2 aromatic rings. The van der Waals surface area contributed by atoms with E-state index >= 15 is 0 Å². The van der Waals surface area contributed by atoms with E-state index in [2.05, 4.69) is 58.1 Å². The molecule has 1 aliphatic rings. The molecule has 2 aromatic heterocycles. The van der Waals surface area contributed by atoms with E-state index in [1.165, 1.54) is 12.0 Å². The molecule has 1 aliphatic heterocycles. The van der Waals surface area contributed by atoms with E-state index in [0.29, 0.717) is 6.04 Å². The number of hydrogen-bond acceptors (Lipinski definition) is 3. The normalized spacial score (nSPS) is 20.1. The van der Waals surface area contributed by atoms with Crippen LogP contribution in [0.3, 0.4) is 0 Å². The third-order valence-electron chi connectivity index (χ3n) is 3.72. The number of rotatable bonds is 3. The summed E-state index contributed by atoms with van der Waals surface area (Å²) in [5.74, 6) is 0. The molecule has 4 nitrogen and oxygen atoms in total. The second-order valence-electron chi connectivity index (χ2n) is 5.27. The monoisotopic (exact) mass is 244 g/mol. The minimum absolute atomic E-state index is 0.650. The highest BCUT2D eigenvalue weighted by Crippen LogP contribution is 2.12. The number of likely N-dealkylation sites (N-methyl/N-ethyl adjacent to an activating group) is 1. The van der Waals surface area contributed by atoms with Crippen molar-refractivity contribution in [1.82, 2.24) is 19.6 Å². The van der Waals surface area contributed by atoms with Gasteiger partial charge in [0, 0.05) is 31.5 Å². The van der Waals surface area contributed by atoms with E-state index in [4.69, 9.17) is 0 Å². The summed E-state index contributed by atoms with van der Waals surface area (Å²) in [5, 5.41) is 3.41. The SMILES string of the molecule is Cc1ccc2nc(CN(C)C3CCNC3)cn2c1. The molecule has 96 valence electrons. The zero-order valence-electron chi connectivity index (χ0n) is 11.1. The zero-order valence-corrected chi connectivity index (χ0v) is 11.1. The van der Waals surface area contributed by atoms with Crippen LogP contribution in [-0.4, -0.2) is 40.5 Å². The van der Waals surface area contributed by atoms with Crippen LogP contribution in [0.15, 0.2) is 24.5 Å². The average Bonchev–Trinajstić information content (AvgIpc) is 2.95. The highest BCUT2D eigenvalue weighted by molar-refractivity contribution is 5.41. The Morgan fingerprint density at radius 3 is 3.11 bits per heavy atom. The molecular weight excluding hydrogens is 224 g/mol.